The summed E-state index contributed by atoms with van der Waals surface area (Å²) >= 11 is 0. The van der Waals surface area contributed by atoms with E-state index in [0.29, 0.717) is 5.92 Å². The van der Waals surface area contributed by atoms with Crippen molar-refractivity contribution in [1.82, 2.24) is 4.98 Å². The molecule has 0 saturated heterocycles. The molecule has 2 atom stereocenters. The summed E-state index contributed by atoms with van der Waals surface area (Å²) in [4.78, 5) is 14.7. The lowest BCUT2D eigenvalue weighted by Gasteiger charge is -2.10. The van der Waals surface area contributed by atoms with E-state index in [1.54, 1.807) is 0 Å². The zero-order valence-corrected chi connectivity index (χ0v) is 13.1. The number of nitrogens with zero attached hydrogens (tertiary/aromatic N) is 1. The largest absolute Gasteiger partial charge is 0.303 e. The lowest BCUT2D eigenvalue weighted by atomic mass is 9.96. The van der Waals surface area contributed by atoms with E-state index in [0.717, 1.165) is 12.7 Å². The maximum Gasteiger partial charge on any atom is 0.122 e. The van der Waals surface area contributed by atoms with Gasteiger partial charge in [-0.2, -0.15) is 0 Å². The van der Waals surface area contributed by atoms with Crippen LogP contribution in [0.3, 0.4) is 0 Å². The van der Waals surface area contributed by atoms with E-state index in [-0.39, 0.29) is 5.92 Å². The predicted octanol–water partition coefficient (Wildman–Crippen LogP) is 5.14. The monoisotopic (exact) mass is 275 g/mol. The van der Waals surface area contributed by atoms with Gasteiger partial charge in [0.15, 0.2) is 0 Å². The first-order valence-electron chi connectivity index (χ1n) is 8.09. The Morgan fingerprint density at radius 3 is 2.30 bits per heavy atom. The van der Waals surface area contributed by atoms with Gasteiger partial charge in [-0.05, 0) is 30.4 Å². The number of hydrogen-bond acceptors (Lipinski definition) is 2. The highest BCUT2D eigenvalue weighted by atomic mass is 16.1. The van der Waals surface area contributed by atoms with Gasteiger partial charge in [-0.3, -0.25) is 4.98 Å². The van der Waals surface area contributed by atoms with Crippen molar-refractivity contribution >= 4 is 6.29 Å². The fraction of sp³-hybridized carbons (Fsp3) is 0.667. The fourth-order valence-electron chi connectivity index (χ4n) is 2.53. The molecule has 0 bridgehead atoms. The number of hydrogen-bond donors (Lipinski definition) is 0. The van der Waals surface area contributed by atoms with Crippen molar-refractivity contribution in [3.05, 3.63) is 30.1 Å². The van der Waals surface area contributed by atoms with E-state index in [9.17, 15) is 4.79 Å². The highest BCUT2D eigenvalue weighted by molar-refractivity contribution is 5.52. The van der Waals surface area contributed by atoms with E-state index >= 15 is 0 Å². The molecular formula is C18H29NO. The quantitative estimate of drug-likeness (QED) is 0.413. The van der Waals surface area contributed by atoms with Crippen molar-refractivity contribution < 1.29 is 4.79 Å². The van der Waals surface area contributed by atoms with E-state index in [2.05, 4.69) is 18.0 Å². The minimum absolute atomic E-state index is 0.246. The number of carbonyl (C=O) groups is 1. The van der Waals surface area contributed by atoms with Crippen molar-refractivity contribution in [1.29, 1.82) is 0 Å². The van der Waals surface area contributed by atoms with Crippen molar-refractivity contribution in [3.63, 3.8) is 0 Å². The molecule has 0 spiro atoms. The molecule has 2 heteroatoms. The first-order chi connectivity index (χ1) is 9.74. The summed E-state index contributed by atoms with van der Waals surface area (Å²) in [7, 11) is 0. The van der Waals surface area contributed by atoms with Crippen LogP contribution < -0.4 is 0 Å². The molecule has 1 rings (SSSR count). The molecule has 0 fully saturated rings. The van der Waals surface area contributed by atoms with Crippen LogP contribution in [0.5, 0.6) is 0 Å². The maximum absolute atomic E-state index is 10.5. The van der Waals surface area contributed by atoms with Gasteiger partial charge in [-0.1, -0.05) is 58.4 Å². The zero-order chi connectivity index (χ0) is 14.6. The normalized spacial score (nSPS) is 13.9. The van der Waals surface area contributed by atoms with Crippen LogP contribution in [0.25, 0.3) is 0 Å². The molecule has 0 aliphatic rings. The third-order valence-electron chi connectivity index (χ3n) is 4.03. The van der Waals surface area contributed by atoms with Crippen LogP contribution in [-0.2, 0) is 4.79 Å². The number of aldehydes is 1. The SMILES string of the molecule is CC(C=O)CCCCCCCCC(C)c1cccnc1. The fourth-order valence-corrected chi connectivity index (χ4v) is 2.53. The Balaban J connectivity index is 1.96. The summed E-state index contributed by atoms with van der Waals surface area (Å²) in [5.41, 5.74) is 1.36. The third-order valence-corrected chi connectivity index (χ3v) is 4.03. The van der Waals surface area contributed by atoms with Gasteiger partial charge in [0, 0.05) is 18.3 Å². The molecule has 0 saturated carbocycles. The molecule has 2 nitrogen and oxygen atoms in total. The predicted molar refractivity (Wildman–Crippen MR) is 84.8 cm³/mol. The average molecular weight is 275 g/mol. The summed E-state index contributed by atoms with van der Waals surface area (Å²) in [5, 5.41) is 0. The Bertz CT molecular complexity index is 350. The van der Waals surface area contributed by atoms with Gasteiger partial charge in [0.25, 0.3) is 0 Å². The van der Waals surface area contributed by atoms with Gasteiger partial charge in [0.1, 0.15) is 6.29 Å². The standard InChI is InChI=1S/C18H29NO/c1-16(15-20)10-7-5-3-4-6-8-11-17(2)18-12-9-13-19-14-18/h9,12-17H,3-8,10-11H2,1-2H3. The molecule has 1 heterocycles. The molecule has 2 unspecified atom stereocenters. The molecule has 0 aliphatic heterocycles. The minimum atomic E-state index is 0.246. The number of unbranched alkanes of at least 4 members (excludes halogenated alkanes) is 5. The molecular weight excluding hydrogens is 246 g/mol. The van der Waals surface area contributed by atoms with Crippen LogP contribution in [0.2, 0.25) is 0 Å². The van der Waals surface area contributed by atoms with E-state index in [1.807, 2.05) is 25.4 Å². The summed E-state index contributed by atoms with van der Waals surface area (Å²) in [5.74, 6) is 0.868. The van der Waals surface area contributed by atoms with Crippen molar-refractivity contribution in [2.75, 3.05) is 0 Å². The molecule has 0 N–H and O–H groups in total. The molecule has 20 heavy (non-hydrogen) atoms. The first-order valence-corrected chi connectivity index (χ1v) is 8.09. The smallest absolute Gasteiger partial charge is 0.122 e. The summed E-state index contributed by atoms with van der Waals surface area (Å²) < 4.78 is 0. The van der Waals surface area contributed by atoms with Crippen molar-refractivity contribution in [2.24, 2.45) is 5.92 Å². The van der Waals surface area contributed by atoms with Crippen molar-refractivity contribution in [3.8, 4) is 0 Å². The van der Waals surface area contributed by atoms with Gasteiger partial charge < -0.3 is 4.79 Å². The summed E-state index contributed by atoms with van der Waals surface area (Å²) in [6, 6.07) is 4.19. The number of carbonyl (C=O) groups excluding carboxylic acids is 1. The first kappa shape index (κ1) is 16.9. The lowest BCUT2D eigenvalue weighted by Crippen LogP contribution is -1.95. The van der Waals surface area contributed by atoms with Crippen LogP contribution in [0.1, 0.15) is 76.7 Å². The minimum Gasteiger partial charge on any atom is -0.303 e. The maximum atomic E-state index is 10.5. The second-order valence-corrected chi connectivity index (χ2v) is 6.00. The Labute approximate surface area is 124 Å². The Morgan fingerprint density at radius 1 is 1.05 bits per heavy atom. The van der Waals surface area contributed by atoms with Crippen LogP contribution in [0.4, 0.5) is 0 Å². The lowest BCUT2D eigenvalue weighted by molar-refractivity contribution is -0.110. The summed E-state index contributed by atoms with van der Waals surface area (Å²) in [6.45, 7) is 4.30. The molecule has 0 radical (unpaired) electrons. The van der Waals surface area contributed by atoms with Crippen LogP contribution >= 0.6 is 0 Å². The topological polar surface area (TPSA) is 30.0 Å². The average Bonchev–Trinajstić information content (AvgIpc) is 2.50. The van der Waals surface area contributed by atoms with Crippen molar-refractivity contribution in [2.45, 2.75) is 71.1 Å². The molecule has 0 amide bonds. The number of rotatable bonds is 11. The van der Waals surface area contributed by atoms with E-state index in [1.165, 1.54) is 50.5 Å². The van der Waals surface area contributed by atoms with Gasteiger partial charge in [-0.25, -0.2) is 0 Å². The zero-order valence-electron chi connectivity index (χ0n) is 13.1. The second-order valence-electron chi connectivity index (χ2n) is 6.00. The summed E-state index contributed by atoms with van der Waals surface area (Å²) in [6.07, 6.45) is 15.0. The Morgan fingerprint density at radius 2 is 1.70 bits per heavy atom. The molecule has 0 aliphatic carbocycles. The Hall–Kier alpha value is -1.18. The van der Waals surface area contributed by atoms with Crippen LogP contribution in [-0.4, -0.2) is 11.3 Å². The van der Waals surface area contributed by atoms with Gasteiger partial charge in [0.05, 0.1) is 0 Å². The van der Waals surface area contributed by atoms with E-state index < -0.39 is 0 Å². The van der Waals surface area contributed by atoms with Gasteiger partial charge in [0.2, 0.25) is 0 Å². The highest BCUT2D eigenvalue weighted by Crippen LogP contribution is 2.21. The number of pyridine rings is 1. The third kappa shape index (κ3) is 7.42. The number of aromatic nitrogens is 1. The Kier molecular flexibility index (Phi) is 8.93. The van der Waals surface area contributed by atoms with Crippen LogP contribution in [0, 0.1) is 5.92 Å². The van der Waals surface area contributed by atoms with Gasteiger partial charge in [-0.15, -0.1) is 0 Å². The van der Waals surface area contributed by atoms with E-state index in [4.69, 9.17) is 0 Å². The molecule has 112 valence electrons. The van der Waals surface area contributed by atoms with Crippen LogP contribution in [0.15, 0.2) is 24.5 Å². The molecule has 1 aromatic heterocycles. The second kappa shape index (κ2) is 10.6. The molecule has 0 aromatic carbocycles. The highest BCUT2D eigenvalue weighted by Gasteiger charge is 2.04. The molecule has 1 aromatic rings. The van der Waals surface area contributed by atoms with Gasteiger partial charge >= 0.3 is 0 Å².